The smallest absolute Gasteiger partial charge is 0.149 e. The minimum absolute atomic E-state index is 0.0346. The quantitative estimate of drug-likeness (QED) is 0.756. The Balaban J connectivity index is 2.10. The van der Waals surface area contributed by atoms with Gasteiger partial charge in [-0.15, -0.1) is 0 Å². The van der Waals surface area contributed by atoms with Gasteiger partial charge in [-0.3, -0.25) is 0 Å². The van der Waals surface area contributed by atoms with E-state index in [0.29, 0.717) is 12.4 Å². The number of hydrogen-bond acceptors (Lipinski definition) is 5. The van der Waals surface area contributed by atoms with Crippen LogP contribution in [0.2, 0.25) is 0 Å². The summed E-state index contributed by atoms with van der Waals surface area (Å²) < 4.78 is 0. The average Bonchev–Trinajstić information content (AvgIpc) is 2.92. The van der Waals surface area contributed by atoms with Gasteiger partial charge < -0.3 is 21.7 Å². The van der Waals surface area contributed by atoms with Gasteiger partial charge in [0, 0.05) is 11.9 Å². The van der Waals surface area contributed by atoms with E-state index in [1.165, 1.54) is 18.5 Å². The zero-order valence-corrected chi connectivity index (χ0v) is 15.0. The van der Waals surface area contributed by atoms with Crippen LogP contribution in [0.1, 0.15) is 40.0 Å². The molecular formula is C19H29N5. The molecule has 1 aliphatic rings. The highest BCUT2D eigenvalue weighted by Crippen LogP contribution is 2.45. The first-order valence-corrected chi connectivity index (χ1v) is 8.88. The second kappa shape index (κ2) is 6.48. The first-order chi connectivity index (χ1) is 11.5. The largest absolute Gasteiger partial charge is 0.382 e. The van der Waals surface area contributed by atoms with Gasteiger partial charge in [0.25, 0.3) is 0 Å². The standard InChI is InChI=1S/C19H29N5/c1-4-5-10-15-23-16-17(24(15)12-19(2,3)11-20)13-8-6-7-9-14(13)22-18(16)21/h6-9,15,23H,4-5,10-12,20H2,1-3H3,(H2,21,22). The Hall–Kier alpha value is -2.01. The summed E-state index contributed by atoms with van der Waals surface area (Å²) in [6.45, 7) is 8.20. The van der Waals surface area contributed by atoms with Crippen LogP contribution < -0.4 is 21.7 Å². The molecule has 2 heterocycles. The number of anilines is 3. The molecule has 0 saturated heterocycles. The van der Waals surface area contributed by atoms with Crippen molar-refractivity contribution < 1.29 is 0 Å². The normalized spacial score (nSPS) is 17.2. The van der Waals surface area contributed by atoms with Crippen molar-refractivity contribution in [3.05, 3.63) is 24.3 Å². The predicted molar refractivity (Wildman–Crippen MR) is 103 cm³/mol. The molecule has 3 rings (SSSR count). The summed E-state index contributed by atoms with van der Waals surface area (Å²) in [5.74, 6) is 0.582. The molecule has 0 spiro atoms. The summed E-state index contributed by atoms with van der Waals surface area (Å²) in [6, 6.07) is 8.23. The Bertz CT molecular complexity index is 725. The lowest BCUT2D eigenvalue weighted by molar-refractivity contribution is 0.366. The maximum absolute atomic E-state index is 6.26. The Morgan fingerprint density at radius 2 is 2.04 bits per heavy atom. The highest BCUT2D eigenvalue weighted by atomic mass is 15.3. The van der Waals surface area contributed by atoms with Crippen LogP contribution in [0, 0.1) is 5.41 Å². The molecule has 0 radical (unpaired) electrons. The molecule has 130 valence electrons. The summed E-state index contributed by atoms with van der Waals surface area (Å²) in [5.41, 5.74) is 15.4. The highest BCUT2D eigenvalue weighted by molar-refractivity contribution is 6.04. The second-order valence-electron chi connectivity index (χ2n) is 7.54. The molecule has 0 fully saturated rings. The number of aromatic nitrogens is 1. The predicted octanol–water partition coefficient (Wildman–Crippen LogP) is 3.55. The van der Waals surface area contributed by atoms with E-state index >= 15 is 0 Å². The van der Waals surface area contributed by atoms with Crippen molar-refractivity contribution >= 4 is 28.1 Å². The first kappa shape index (κ1) is 16.8. The maximum atomic E-state index is 6.26. The molecule has 1 aromatic carbocycles. The average molecular weight is 327 g/mol. The van der Waals surface area contributed by atoms with Crippen LogP contribution in [0.25, 0.3) is 10.9 Å². The van der Waals surface area contributed by atoms with Crippen molar-refractivity contribution in [2.24, 2.45) is 11.1 Å². The summed E-state index contributed by atoms with van der Waals surface area (Å²) in [4.78, 5) is 7.03. The fraction of sp³-hybridized carbons (Fsp3) is 0.526. The first-order valence-electron chi connectivity index (χ1n) is 8.88. The lowest BCUT2D eigenvalue weighted by atomic mass is 9.92. The lowest BCUT2D eigenvalue weighted by Gasteiger charge is -2.35. The topological polar surface area (TPSA) is 80.2 Å². The van der Waals surface area contributed by atoms with E-state index in [1.54, 1.807) is 0 Å². The number of pyridine rings is 1. The van der Waals surface area contributed by atoms with Gasteiger partial charge in [-0.2, -0.15) is 0 Å². The lowest BCUT2D eigenvalue weighted by Crippen LogP contribution is -2.44. The molecule has 0 amide bonds. The van der Waals surface area contributed by atoms with Crippen molar-refractivity contribution in [2.75, 3.05) is 29.0 Å². The molecule has 2 aromatic rings. The van der Waals surface area contributed by atoms with Crippen LogP contribution in [0.5, 0.6) is 0 Å². The van der Waals surface area contributed by atoms with Crippen LogP contribution in [0.4, 0.5) is 17.2 Å². The Morgan fingerprint density at radius 3 is 2.75 bits per heavy atom. The minimum atomic E-state index is 0.0346. The van der Waals surface area contributed by atoms with Gasteiger partial charge in [0.1, 0.15) is 11.5 Å². The van der Waals surface area contributed by atoms with E-state index in [0.717, 1.165) is 29.6 Å². The summed E-state index contributed by atoms with van der Waals surface area (Å²) in [5, 5.41) is 4.78. The van der Waals surface area contributed by atoms with Gasteiger partial charge in [0.05, 0.1) is 17.4 Å². The molecule has 1 atom stereocenters. The minimum Gasteiger partial charge on any atom is -0.382 e. The van der Waals surface area contributed by atoms with Crippen molar-refractivity contribution in [2.45, 2.75) is 46.2 Å². The number of rotatable bonds is 6. The molecule has 5 heteroatoms. The van der Waals surface area contributed by atoms with E-state index < -0.39 is 0 Å². The van der Waals surface area contributed by atoms with Gasteiger partial charge in [-0.25, -0.2) is 4.98 Å². The molecule has 0 saturated carbocycles. The number of nitrogens with zero attached hydrogens (tertiary/aromatic N) is 2. The van der Waals surface area contributed by atoms with Crippen LogP contribution in [0.15, 0.2) is 24.3 Å². The number of unbranched alkanes of at least 4 members (excludes halogenated alkanes) is 1. The molecular weight excluding hydrogens is 298 g/mol. The zero-order valence-electron chi connectivity index (χ0n) is 15.0. The van der Waals surface area contributed by atoms with Gasteiger partial charge >= 0.3 is 0 Å². The Labute approximate surface area is 144 Å². The number of nitrogens with two attached hydrogens (primary N) is 2. The molecule has 1 aliphatic heterocycles. The molecule has 0 aliphatic carbocycles. The zero-order chi connectivity index (χ0) is 17.3. The third-order valence-electron chi connectivity index (χ3n) is 4.85. The summed E-state index contributed by atoms with van der Waals surface area (Å²) in [6.07, 6.45) is 3.69. The van der Waals surface area contributed by atoms with Crippen molar-refractivity contribution in [3.63, 3.8) is 0 Å². The summed E-state index contributed by atoms with van der Waals surface area (Å²) in [7, 11) is 0. The summed E-state index contributed by atoms with van der Waals surface area (Å²) >= 11 is 0. The molecule has 1 unspecified atom stereocenters. The SMILES string of the molecule is CCCCC1Nc2c(N)nc3ccccc3c2N1CC(C)(C)CN. The van der Waals surface area contributed by atoms with Gasteiger partial charge in [-0.1, -0.05) is 45.4 Å². The number of benzene rings is 1. The number of para-hydroxylation sites is 1. The molecule has 5 N–H and O–H groups in total. The molecule has 24 heavy (non-hydrogen) atoms. The highest BCUT2D eigenvalue weighted by Gasteiger charge is 2.35. The van der Waals surface area contributed by atoms with Crippen molar-refractivity contribution in [1.82, 2.24) is 4.98 Å². The molecule has 0 bridgehead atoms. The maximum Gasteiger partial charge on any atom is 0.149 e. The van der Waals surface area contributed by atoms with Crippen LogP contribution >= 0.6 is 0 Å². The number of nitrogen functional groups attached to an aromatic ring is 1. The number of hydrogen-bond donors (Lipinski definition) is 3. The van der Waals surface area contributed by atoms with Gasteiger partial charge in [-0.05, 0) is 30.9 Å². The second-order valence-corrected chi connectivity index (χ2v) is 7.54. The third kappa shape index (κ3) is 3.00. The van der Waals surface area contributed by atoms with Gasteiger partial charge in [0.2, 0.25) is 0 Å². The monoisotopic (exact) mass is 327 g/mol. The van der Waals surface area contributed by atoms with Crippen LogP contribution in [-0.4, -0.2) is 24.2 Å². The van der Waals surface area contributed by atoms with Crippen LogP contribution in [0.3, 0.4) is 0 Å². The van der Waals surface area contributed by atoms with E-state index in [9.17, 15) is 0 Å². The van der Waals surface area contributed by atoms with E-state index in [-0.39, 0.29) is 11.6 Å². The van der Waals surface area contributed by atoms with E-state index in [2.05, 4.69) is 48.1 Å². The number of fused-ring (bicyclic) bond motifs is 3. The van der Waals surface area contributed by atoms with Gasteiger partial charge in [0.15, 0.2) is 0 Å². The molecule has 1 aromatic heterocycles. The van der Waals surface area contributed by atoms with E-state index in [4.69, 9.17) is 11.5 Å². The van der Waals surface area contributed by atoms with Crippen molar-refractivity contribution in [3.8, 4) is 0 Å². The fourth-order valence-electron chi connectivity index (χ4n) is 3.39. The Morgan fingerprint density at radius 1 is 1.29 bits per heavy atom. The van der Waals surface area contributed by atoms with Crippen molar-refractivity contribution in [1.29, 1.82) is 0 Å². The third-order valence-corrected chi connectivity index (χ3v) is 4.85. The Kier molecular flexibility index (Phi) is 4.54. The van der Waals surface area contributed by atoms with E-state index in [1.807, 2.05) is 12.1 Å². The van der Waals surface area contributed by atoms with Crippen LogP contribution in [-0.2, 0) is 0 Å². The fourth-order valence-corrected chi connectivity index (χ4v) is 3.39. The molecule has 5 nitrogen and oxygen atoms in total. The number of nitrogens with one attached hydrogen (secondary N) is 1.